The molecule has 0 bridgehead atoms. The first kappa shape index (κ1) is 8.74. The van der Waals surface area contributed by atoms with Gasteiger partial charge in [0.25, 0.3) is 6.33 Å². The Morgan fingerprint density at radius 1 is 1.29 bits per heavy atom. The number of ether oxygens (including phenoxy) is 1. The van der Waals surface area contributed by atoms with E-state index in [2.05, 4.69) is 5.10 Å². The van der Waals surface area contributed by atoms with Crippen molar-refractivity contribution in [1.29, 1.82) is 0 Å². The lowest BCUT2D eigenvalue weighted by Gasteiger charge is -1.98. The third-order valence-corrected chi connectivity index (χ3v) is 1.99. The van der Waals surface area contributed by atoms with E-state index in [9.17, 15) is 0 Å². The van der Waals surface area contributed by atoms with Crippen LogP contribution in [0.25, 0.3) is 5.69 Å². The number of aromatic nitrogens is 3. The highest BCUT2D eigenvalue weighted by Gasteiger charge is 2.05. The standard InChI is InChI=1S/C10H12N3O/c1-12-7-11-13(8-12)9-3-5-10(14-2)6-4-9/h3-8H,1-2H3/q+1. The van der Waals surface area contributed by atoms with Crippen molar-refractivity contribution in [2.45, 2.75) is 0 Å². The predicted octanol–water partition coefficient (Wildman–Crippen LogP) is 0.705. The van der Waals surface area contributed by atoms with E-state index in [0.29, 0.717) is 0 Å². The maximum atomic E-state index is 5.08. The van der Waals surface area contributed by atoms with Crippen molar-refractivity contribution in [2.75, 3.05) is 7.11 Å². The zero-order valence-electron chi connectivity index (χ0n) is 8.21. The van der Waals surface area contributed by atoms with Crippen LogP contribution in [0.15, 0.2) is 36.9 Å². The molecule has 2 aromatic rings. The van der Waals surface area contributed by atoms with Crippen LogP contribution in [-0.2, 0) is 7.05 Å². The maximum absolute atomic E-state index is 5.08. The predicted molar refractivity (Wildman–Crippen MR) is 51.3 cm³/mol. The molecule has 0 atom stereocenters. The van der Waals surface area contributed by atoms with Gasteiger partial charge in [-0.2, -0.15) is 0 Å². The Balaban J connectivity index is 2.33. The van der Waals surface area contributed by atoms with Crippen molar-refractivity contribution in [3.05, 3.63) is 36.9 Å². The van der Waals surface area contributed by atoms with E-state index in [0.717, 1.165) is 11.4 Å². The highest BCUT2D eigenvalue weighted by Crippen LogP contribution is 2.12. The van der Waals surface area contributed by atoms with Gasteiger partial charge in [-0.25, -0.2) is 4.57 Å². The van der Waals surface area contributed by atoms with Crippen LogP contribution in [0.3, 0.4) is 0 Å². The van der Waals surface area contributed by atoms with Crippen LogP contribution < -0.4 is 9.30 Å². The molecule has 0 unspecified atom stereocenters. The molecule has 72 valence electrons. The lowest BCUT2D eigenvalue weighted by molar-refractivity contribution is -0.672. The van der Waals surface area contributed by atoms with Crippen molar-refractivity contribution in [1.82, 2.24) is 9.78 Å². The van der Waals surface area contributed by atoms with E-state index in [-0.39, 0.29) is 0 Å². The van der Waals surface area contributed by atoms with E-state index in [1.165, 1.54) is 0 Å². The quantitative estimate of drug-likeness (QED) is 0.653. The van der Waals surface area contributed by atoms with Gasteiger partial charge in [-0.3, -0.25) is 0 Å². The Morgan fingerprint density at radius 3 is 2.50 bits per heavy atom. The number of nitrogens with zero attached hydrogens (tertiary/aromatic N) is 3. The Labute approximate surface area is 82.4 Å². The molecule has 0 N–H and O–H groups in total. The van der Waals surface area contributed by atoms with Gasteiger partial charge in [0.15, 0.2) is 0 Å². The highest BCUT2D eigenvalue weighted by atomic mass is 16.5. The zero-order valence-corrected chi connectivity index (χ0v) is 8.21. The average Bonchev–Trinajstić information content (AvgIpc) is 2.65. The van der Waals surface area contributed by atoms with Crippen molar-refractivity contribution in [2.24, 2.45) is 7.05 Å². The van der Waals surface area contributed by atoms with Gasteiger partial charge in [0.05, 0.1) is 14.2 Å². The normalized spacial score (nSPS) is 10.1. The second kappa shape index (κ2) is 3.49. The van der Waals surface area contributed by atoms with E-state index in [1.807, 2.05) is 42.2 Å². The minimum Gasteiger partial charge on any atom is -0.497 e. The fraction of sp³-hybridized carbons (Fsp3) is 0.200. The first-order valence-corrected chi connectivity index (χ1v) is 4.34. The number of hydrogen-bond acceptors (Lipinski definition) is 2. The molecule has 0 aliphatic heterocycles. The molecule has 14 heavy (non-hydrogen) atoms. The highest BCUT2D eigenvalue weighted by molar-refractivity contribution is 5.35. The summed E-state index contributed by atoms with van der Waals surface area (Å²) in [6.07, 6.45) is 3.66. The lowest BCUT2D eigenvalue weighted by atomic mass is 10.3. The van der Waals surface area contributed by atoms with E-state index < -0.39 is 0 Å². The summed E-state index contributed by atoms with van der Waals surface area (Å²) in [5, 5.41) is 4.18. The van der Waals surface area contributed by atoms with E-state index in [4.69, 9.17) is 4.74 Å². The van der Waals surface area contributed by atoms with Gasteiger partial charge in [0.2, 0.25) is 6.33 Å². The van der Waals surface area contributed by atoms with Crippen LogP contribution >= 0.6 is 0 Å². The summed E-state index contributed by atoms with van der Waals surface area (Å²) in [4.78, 5) is 0. The molecule has 4 nitrogen and oxygen atoms in total. The Hall–Kier alpha value is -1.84. The molecule has 0 fully saturated rings. The summed E-state index contributed by atoms with van der Waals surface area (Å²) in [7, 11) is 3.59. The van der Waals surface area contributed by atoms with Gasteiger partial charge in [0.1, 0.15) is 11.4 Å². The van der Waals surface area contributed by atoms with Crippen LogP contribution in [0.4, 0.5) is 0 Å². The van der Waals surface area contributed by atoms with Crippen LogP contribution in [0.1, 0.15) is 0 Å². The smallest absolute Gasteiger partial charge is 0.265 e. The number of rotatable bonds is 2. The second-order valence-corrected chi connectivity index (χ2v) is 3.05. The molecule has 1 heterocycles. The van der Waals surface area contributed by atoms with Crippen molar-refractivity contribution in [3.63, 3.8) is 0 Å². The van der Waals surface area contributed by atoms with Crippen LogP contribution in [0.2, 0.25) is 0 Å². The molecule has 0 saturated heterocycles. The SMILES string of the molecule is COc1ccc(-n2c[n+](C)cn2)cc1. The summed E-state index contributed by atoms with van der Waals surface area (Å²) in [6.45, 7) is 0. The molecule has 0 aliphatic rings. The van der Waals surface area contributed by atoms with Gasteiger partial charge in [0, 0.05) is 5.10 Å². The Morgan fingerprint density at radius 2 is 2.00 bits per heavy atom. The Kier molecular flexibility index (Phi) is 2.18. The molecule has 1 aromatic carbocycles. The van der Waals surface area contributed by atoms with Gasteiger partial charge >= 0.3 is 0 Å². The van der Waals surface area contributed by atoms with Crippen LogP contribution in [-0.4, -0.2) is 16.9 Å². The van der Waals surface area contributed by atoms with E-state index in [1.54, 1.807) is 18.1 Å². The van der Waals surface area contributed by atoms with E-state index >= 15 is 0 Å². The maximum Gasteiger partial charge on any atom is 0.265 e. The summed E-state index contributed by atoms with van der Waals surface area (Å²) in [5.41, 5.74) is 1.02. The fourth-order valence-corrected chi connectivity index (χ4v) is 1.24. The summed E-state index contributed by atoms with van der Waals surface area (Å²) in [6, 6.07) is 7.76. The molecule has 4 heteroatoms. The van der Waals surface area contributed by atoms with Crippen molar-refractivity contribution < 1.29 is 9.30 Å². The topological polar surface area (TPSA) is 30.9 Å². The van der Waals surface area contributed by atoms with Gasteiger partial charge in [-0.15, -0.1) is 0 Å². The molecular formula is C10H12N3O+. The van der Waals surface area contributed by atoms with Gasteiger partial charge in [-0.05, 0) is 24.3 Å². The van der Waals surface area contributed by atoms with Crippen molar-refractivity contribution in [3.8, 4) is 11.4 Å². The average molecular weight is 190 g/mol. The van der Waals surface area contributed by atoms with Crippen molar-refractivity contribution >= 4 is 0 Å². The third kappa shape index (κ3) is 1.59. The van der Waals surface area contributed by atoms with Crippen LogP contribution in [0, 0.1) is 0 Å². The molecule has 0 spiro atoms. The minimum atomic E-state index is 0.852. The molecule has 1 aromatic heterocycles. The number of aryl methyl sites for hydroxylation is 1. The summed E-state index contributed by atoms with van der Waals surface area (Å²) < 4.78 is 8.77. The first-order chi connectivity index (χ1) is 6.79. The molecule has 0 amide bonds. The molecule has 2 rings (SSSR count). The van der Waals surface area contributed by atoms with Gasteiger partial charge in [-0.1, -0.05) is 4.68 Å². The fourth-order valence-electron chi connectivity index (χ4n) is 1.24. The first-order valence-electron chi connectivity index (χ1n) is 4.34. The summed E-state index contributed by atoms with van der Waals surface area (Å²) >= 11 is 0. The number of methoxy groups -OCH3 is 1. The second-order valence-electron chi connectivity index (χ2n) is 3.05. The minimum absolute atomic E-state index is 0.852. The monoisotopic (exact) mass is 190 g/mol. The van der Waals surface area contributed by atoms with Gasteiger partial charge < -0.3 is 4.74 Å². The largest absolute Gasteiger partial charge is 0.497 e. The molecule has 0 aliphatic carbocycles. The molecular weight excluding hydrogens is 178 g/mol. The molecule has 0 saturated carbocycles. The number of benzene rings is 1. The Bertz CT molecular complexity index is 419. The third-order valence-electron chi connectivity index (χ3n) is 1.99. The number of hydrogen-bond donors (Lipinski definition) is 0. The zero-order chi connectivity index (χ0) is 9.97. The lowest BCUT2D eigenvalue weighted by Crippen LogP contribution is -2.23. The van der Waals surface area contributed by atoms with Crippen LogP contribution in [0.5, 0.6) is 5.75 Å². The summed E-state index contributed by atoms with van der Waals surface area (Å²) in [5.74, 6) is 0.852. The molecule has 0 radical (unpaired) electrons.